The maximum atomic E-state index is 13.6. The number of aromatic nitrogens is 1. The summed E-state index contributed by atoms with van der Waals surface area (Å²) < 4.78 is 14.8. The van der Waals surface area contributed by atoms with Crippen LogP contribution in [0.4, 0.5) is 15.2 Å². The Morgan fingerprint density at radius 2 is 1.93 bits per heavy atom. The Balaban J connectivity index is 1.24. The summed E-state index contributed by atoms with van der Waals surface area (Å²) in [6.45, 7) is 3.82. The first kappa shape index (κ1) is 20.3. The molecule has 1 aromatic heterocycles. The summed E-state index contributed by atoms with van der Waals surface area (Å²) in [4.78, 5) is 31.1. The second-order valence-corrected chi connectivity index (χ2v) is 8.53. The van der Waals surface area contributed by atoms with E-state index < -0.39 is 17.6 Å². The first-order valence-electron chi connectivity index (χ1n) is 9.95. The Morgan fingerprint density at radius 1 is 1.17 bits per heavy atom. The van der Waals surface area contributed by atoms with Gasteiger partial charge in [0.15, 0.2) is 5.13 Å². The molecular weight excluding hydrogens is 403 g/mol. The highest BCUT2D eigenvalue weighted by atomic mass is 32.1. The Bertz CT molecular complexity index is 1040. The van der Waals surface area contributed by atoms with E-state index in [1.54, 1.807) is 30.4 Å². The first-order chi connectivity index (χ1) is 14.5. The Labute approximate surface area is 178 Å². The molecular formula is C22H23FN4O2S. The highest BCUT2D eigenvalue weighted by molar-refractivity contribution is 7.22. The van der Waals surface area contributed by atoms with E-state index in [9.17, 15) is 14.0 Å². The molecule has 0 unspecified atom stereocenters. The second-order valence-electron chi connectivity index (χ2n) is 7.52. The molecule has 4 rings (SSSR count). The number of piperidine rings is 1. The van der Waals surface area contributed by atoms with E-state index in [4.69, 9.17) is 4.98 Å². The number of fused-ring (bicyclic) bond motifs is 1. The van der Waals surface area contributed by atoms with Crippen molar-refractivity contribution in [3.05, 3.63) is 53.8 Å². The molecule has 8 heteroatoms. The van der Waals surface area contributed by atoms with Crippen molar-refractivity contribution in [2.24, 2.45) is 5.92 Å². The molecule has 1 aliphatic heterocycles. The van der Waals surface area contributed by atoms with Crippen molar-refractivity contribution < 1.29 is 14.0 Å². The van der Waals surface area contributed by atoms with Gasteiger partial charge in [0.2, 0.25) is 0 Å². The number of anilines is 2. The van der Waals surface area contributed by atoms with Gasteiger partial charge in [0.05, 0.1) is 10.2 Å². The normalized spacial score (nSPS) is 14.7. The molecule has 6 nitrogen and oxygen atoms in total. The number of hydrogen-bond donors (Lipinski definition) is 2. The number of hydrogen-bond acceptors (Lipinski definition) is 5. The van der Waals surface area contributed by atoms with E-state index in [-0.39, 0.29) is 5.69 Å². The van der Waals surface area contributed by atoms with Crippen LogP contribution in [0.2, 0.25) is 0 Å². The minimum absolute atomic E-state index is 0.266. The maximum Gasteiger partial charge on any atom is 0.313 e. The van der Waals surface area contributed by atoms with Gasteiger partial charge in [-0.1, -0.05) is 29.5 Å². The van der Waals surface area contributed by atoms with Gasteiger partial charge >= 0.3 is 11.8 Å². The number of thiazole rings is 1. The molecule has 2 N–H and O–H groups in total. The van der Waals surface area contributed by atoms with Crippen LogP contribution in [0.1, 0.15) is 18.4 Å². The van der Waals surface area contributed by atoms with E-state index in [1.807, 2.05) is 18.2 Å². The topological polar surface area (TPSA) is 74.3 Å². The first-order valence-corrected chi connectivity index (χ1v) is 10.8. The average molecular weight is 427 g/mol. The zero-order valence-electron chi connectivity index (χ0n) is 16.7. The monoisotopic (exact) mass is 426 g/mol. The third-order valence-electron chi connectivity index (χ3n) is 5.35. The molecule has 3 aromatic rings. The van der Waals surface area contributed by atoms with Crippen molar-refractivity contribution in [2.45, 2.75) is 19.8 Å². The molecule has 0 saturated carbocycles. The van der Waals surface area contributed by atoms with Crippen LogP contribution >= 0.6 is 11.3 Å². The lowest BCUT2D eigenvalue weighted by Gasteiger charge is -2.31. The molecule has 1 fully saturated rings. The molecule has 0 bridgehead atoms. The number of halogens is 1. The number of nitrogens with zero attached hydrogens (tertiary/aromatic N) is 2. The zero-order valence-corrected chi connectivity index (χ0v) is 17.5. The molecule has 1 aliphatic rings. The van der Waals surface area contributed by atoms with Crippen molar-refractivity contribution >= 4 is 44.2 Å². The minimum atomic E-state index is -0.787. The number of carbonyl (C=O) groups is 2. The Kier molecular flexibility index (Phi) is 5.94. The lowest BCUT2D eigenvalue weighted by atomic mass is 9.97. The average Bonchev–Trinajstić information content (AvgIpc) is 3.19. The third-order valence-corrected chi connectivity index (χ3v) is 6.45. The largest absolute Gasteiger partial charge is 0.348 e. The predicted molar refractivity (Wildman–Crippen MR) is 117 cm³/mol. The van der Waals surface area contributed by atoms with E-state index in [2.05, 4.69) is 21.6 Å². The van der Waals surface area contributed by atoms with Crippen molar-refractivity contribution in [2.75, 3.05) is 29.9 Å². The van der Waals surface area contributed by atoms with E-state index in [0.29, 0.717) is 18.0 Å². The fourth-order valence-electron chi connectivity index (χ4n) is 3.50. The van der Waals surface area contributed by atoms with E-state index in [0.717, 1.165) is 36.6 Å². The van der Waals surface area contributed by atoms with Crippen molar-refractivity contribution in [3.63, 3.8) is 0 Å². The van der Waals surface area contributed by atoms with Gasteiger partial charge in [-0.2, -0.15) is 0 Å². The minimum Gasteiger partial charge on any atom is -0.348 e. The van der Waals surface area contributed by atoms with Gasteiger partial charge in [-0.05, 0) is 55.5 Å². The van der Waals surface area contributed by atoms with Crippen LogP contribution < -0.4 is 15.5 Å². The Morgan fingerprint density at radius 3 is 2.67 bits per heavy atom. The maximum absolute atomic E-state index is 13.6. The van der Waals surface area contributed by atoms with Crippen LogP contribution in [0.5, 0.6) is 0 Å². The number of aryl methyl sites for hydroxylation is 1. The molecule has 2 aromatic carbocycles. The van der Waals surface area contributed by atoms with Gasteiger partial charge in [-0.3, -0.25) is 9.59 Å². The van der Waals surface area contributed by atoms with Crippen LogP contribution in [0.15, 0.2) is 42.5 Å². The molecule has 0 aliphatic carbocycles. The molecule has 0 spiro atoms. The second kappa shape index (κ2) is 8.79. The van der Waals surface area contributed by atoms with Gasteiger partial charge in [0, 0.05) is 25.3 Å². The molecule has 0 atom stereocenters. The summed E-state index contributed by atoms with van der Waals surface area (Å²) in [5.41, 5.74) is 1.77. The van der Waals surface area contributed by atoms with Gasteiger partial charge in [-0.25, -0.2) is 9.37 Å². The summed E-state index contributed by atoms with van der Waals surface area (Å²) in [5, 5.41) is 6.16. The molecule has 30 heavy (non-hydrogen) atoms. The van der Waals surface area contributed by atoms with Crippen LogP contribution in [0, 0.1) is 18.7 Å². The SMILES string of the molecule is Cc1ccc(NC(=O)C(=O)NCC2CCN(c3nc4ccccc4s3)CC2)cc1F. The molecule has 156 valence electrons. The quantitative estimate of drug-likeness (QED) is 0.624. The number of rotatable bonds is 4. The van der Waals surface area contributed by atoms with Crippen molar-refractivity contribution in [1.82, 2.24) is 10.3 Å². The number of nitrogens with one attached hydrogen (secondary N) is 2. The highest BCUT2D eigenvalue weighted by Crippen LogP contribution is 2.31. The van der Waals surface area contributed by atoms with Crippen LogP contribution in [0.25, 0.3) is 10.2 Å². The number of benzene rings is 2. The smallest absolute Gasteiger partial charge is 0.313 e. The fourth-order valence-corrected chi connectivity index (χ4v) is 4.52. The summed E-state index contributed by atoms with van der Waals surface area (Å²) in [5.74, 6) is -1.60. The van der Waals surface area contributed by atoms with E-state index in [1.165, 1.54) is 10.8 Å². The van der Waals surface area contributed by atoms with Crippen LogP contribution in [0.3, 0.4) is 0 Å². The molecule has 2 heterocycles. The van der Waals surface area contributed by atoms with Gasteiger partial charge in [0.1, 0.15) is 5.82 Å². The number of para-hydroxylation sites is 1. The number of carbonyl (C=O) groups excluding carboxylic acids is 2. The Hall–Kier alpha value is -3.00. The summed E-state index contributed by atoms with van der Waals surface area (Å²) in [6.07, 6.45) is 1.84. The van der Waals surface area contributed by atoms with Crippen molar-refractivity contribution in [1.29, 1.82) is 0 Å². The van der Waals surface area contributed by atoms with Gasteiger partial charge in [-0.15, -0.1) is 0 Å². The van der Waals surface area contributed by atoms with Crippen LogP contribution in [-0.4, -0.2) is 36.4 Å². The summed E-state index contributed by atoms with van der Waals surface area (Å²) in [6, 6.07) is 12.4. The van der Waals surface area contributed by atoms with Crippen LogP contribution in [-0.2, 0) is 9.59 Å². The highest BCUT2D eigenvalue weighted by Gasteiger charge is 2.23. The predicted octanol–water partition coefficient (Wildman–Crippen LogP) is 3.72. The molecule has 1 saturated heterocycles. The van der Waals surface area contributed by atoms with Crippen molar-refractivity contribution in [3.8, 4) is 0 Å². The van der Waals surface area contributed by atoms with E-state index >= 15 is 0 Å². The van der Waals surface area contributed by atoms with Gasteiger partial charge in [0.25, 0.3) is 0 Å². The lowest BCUT2D eigenvalue weighted by Crippen LogP contribution is -2.41. The third kappa shape index (κ3) is 4.59. The lowest BCUT2D eigenvalue weighted by molar-refractivity contribution is -0.136. The summed E-state index contributed by atoms with van der Waals surface area (Å²) in [7, 11) is 0. The zero-order chi connectivity index (χ0) is 21.1. The molecule has 2 amide bonds. The summed E-state index contributed by atoms with van der Waals surface area (Å²) >= 11 is 1.70. The molecule has 0 radical (unpaired) electrons. The van der Waals surface area contributed by atoms with Gasteiger partial charge < -0.3 is 15.5 Å². The number of amides is 2. The standard InChI is InChI=1S/C22H23FN4O2S/c1-14-6-7-16(12-17(14)23)25-21(29)20(28)24-13-15-8-10-27(11-9-15)22-26-18-4-2-3-5-19(18)30-22/h2-7,12,15H,8-11,13H2,1H3,(H,24,28)(H,25,29). The fraction of sp³-hybridized carbons (Fsp3) is 0.318.